The average Bonchev–Trinajstić information content (AvgIpc) is 2.91. The normalized spacial score (nSPS) is 18.8. The number of hydrogen-bond acceptors (Lipinski definition) is 3. The molecule has 0 bridgehead atoms. The maximum Gasteiger partial charge on any atom is 0.135 e. The summed E-state index contributed by atoms with van der Waals surface area (Å²) in [5, 5.41) is 0. The first kappa shape index (κ1) is 13.3. The maximum absolute atomic E-state index is 6.02. The zero-order chi connectivity index (χ0) is 13.9. The highest BCUT2D eigenvalue weighted by atomic mass is 14.9. The van der Waals surface area contributed by atoms with E-state index in [1.807, 2.05) is 12.3 Å². The lowest BCUT2D eigenvalue weighted by molar-refractivity contribution is 0.627. The van der Waals surface area contributed by atoms with Crippen LogP contribution in [0.1, 0.15) is 48.3 Å². The summed E-state index contributed by atoms with van der Waals surface area (Å²) in [6.45, 7) is 2.11. The van der Waals surface area contributed by atoms with Crippen LogP contribution in [0.5, 0.6) is 0 Å². The van der Waals surface area contributed by atoms with Gasteiger partial charge in [-0.2, -0.15) is 0 Å². The standard InChI is InChI=1S/C17H21N3/c1-2-13(18)11-14-9-10-19-17(20-14)16-8-7-12-5-3-4-6-15(12)16/h3-6,9-10,13,16H,2,7-8,11,18H2,1H3. The molecular formula is C17H21N3. The summed E-state index contributed by atoms with van der Waals surface area (Å²) in [5.41, 5.74) is 9.92. The summed E-state index contributed by atoms with van der Waals surface area (Å²) in [6, 6.07) is 10.8. The van der Waals surface area contributed by atoms with Gasteiger partial charge < -0.3 is 5.73 Å². The van der Waals surface area contributed by atoms with Gasteiger partial charge in [0.1, 0.15) is 5.82 Å². The Labute approximate surface area is 120 Å². The number of benzene rings is 1. The van der Waals surface area contributed by atoms with Crippen LogP contribution in [0.15, 0.2) is 36.5 Å². The molecule has 0 saturated heterocycles. The number of nitrogens with zero attached hydrogens (tertiary/aromatic N) is 2. The van der Waals surface area contributed by atoms with Gasteiger partial charge in [0.05, 0.1) is 0 Å². The maximum atomic E-state index is 6.02. The van der Waals surface area contributed by atoms with Crippen molar-refractivity contribution >= 4 is 0 Å². The van der Waals surface area contributed by atoms with Crippen LogP contribution in [0.2, 0.25) is 0 Å². The average molecular weight is 267 g/mol. The molecular weight excluding hydrogens is 246 g/mol. The van der Waals surface area contributed by atoms with Crippen LogP contribution < -0.4 is 5.73 Å². The van der Waals surface area contributed by atoms with Gasteiger partial charge in [-0.1, -0.05) is 31.2 Å². The minimum Gasteiger partial charge on any atom is -0.327 e. The molecule has 3 rings (SSSR count). The first-order chi connectivity index (χ1) is 9.78. The molecule has 1 heterocycles. The van der Waals surface area contributed by atoms with E-state index < -0.39 is 0 Å². The molecule has 0 radical (unpaired) electrons. The summed E-state index contributed by atoms with van der Waals surface area (Å²) in [6.07, 6.45) is 5.93. The smallest absolute Gasteiger partial charge is 0.135 e. The SMILES string of the molecule is CCC(N)Cc1ccnc(C2CCc3ccccc32)n1. The van der Waals surface area contributed by atoms with Crippen LogP contribution in [0.3, 0.4) is 0 Å². The fourth-order valence-corrected chi connectivity index (χ4v) is 2.93. The van der Waals surface area contributed by atoms with Crippen molar-refractivity contribution in [2.75, 3.05) is 0 Å². The van der Waals surface area contributed by atoms with Gasteiger partial charge in [0.15, 0.2) is 0 Å². The third-order valence-electron chi connectivity index (χ3n) is 4.17. The Morgan fingerprint density at radius 1 is 1.30 bits per heavy atom. The van der Waals surface area contributed by atoms with E-state index in [1.165, 1.54) is 11.1 Å². The number of aromatic nitrogens is 2. The lowest BCUT2D eigenvalue weighted by atomic mass is 10.0. The highest BCUT2D eigenvalue weighted by Crippen LogP contribution is 2.36. The van der Waals surface area contributed by atoms with E-state index in [2.05, 4.69) is 36.2 Å². The Balaban J connectivity index is 1.87. The zero-order valence-corrected chi connectivity index (χ0v) is 11.9. The van der Waals surface area contributed by atoms with Crippen molar-refractivity contribution in [1.29, 1.82) is 0 Å². The van der Waals surface area contributed by atoms with E-state index in [0.717, 1.165) is 37.2 Å². The number of fused-ring (bicyclic) bond motifs is 1. The van der Waals surface area contributed by atoms with E-state index >= 15 is 0 Å². The van der Waals surface area contributed by atoms with Crippen molar-refractivity contribution in [2.24, 2.45) is 5.73 Å². The molecule has 2 N–H and O–H groups in total. The number of aryl methyl sites for hydroxylation is 1. The van der Waals surface area contributed by atoms with Gasteiger partial charge in [-0.15, -0.1) is 0 Å². The van der Waals surface area contributed by atoms with Gasteiger partial charge in [0.2, 0.25) is 0 Å². The molecule has 0 spiro atoms. The van der Waals surface area contributed by atoms with Crippen molar-refractivity contribution in [3.63, 3.8) is 0 Å². The van der Waals surface area contributed by atoms with Gasteiger partial charge in [-0.3, -0.25) is 0 Å². The van der Waals surface area contributed by atoms with Crippen molar-refractivity contribution in [1.82, 2.24) is 9.97 Å². The zero-order valence-electron chi connectivity index (χ0n) is 11.9. The molecule has 0 saturated carbocycles. The van der Waals surface area contributed by atoms with Crippen LogP contribution in [-0.2, 0) is 12.8 Å². The number of rotatable bonds is 4. The predicted molar refractivity (Wildman–Crippen MR) is 80.6 cm³/mol. The first-order valence-corrected chi connectivity index (χ1v) is 7.43. The molecule has 0 aliphatic heterocycles. The second kappa shape index (κ2) is 5.71. The van der Waals surface area contributed by atoms with Crippen LogP contribution in [0.4, 0.5) is 0 Å². The Morgan fingerprint density at radius 2 is 2.15 bits per heavy atom. The summed E-state index contributed by atoms with van der Waals surface area (Å²) >= 11 is 0. The van der Waals surface area contributed by atoms with Crippen molar-refractivity contribution in [3.05, 3.63) is 59.2 Å². The summed E-state index contributed by atoms with van der Waals surface area (Å²) in [4.78, 5) is 9.25. The molecule has 1 aromatic carbocycles. The summed E-state index contributed by atoms with van der Waals surface area (Å²) in [7, 11) is 0. The van der Waals surface area contributed by atoms with E-state index in [9.17, 15) is 0 Å². The van der Waals surface area contributed by atoms with E-state index in [4.69, 9.17) is 10.7 Å². The lowest BCUT2D eigenvalue weighted by Gasteiger charge is -2.13. The molecule has 0 amide bonds. The van der Waals surface area contributed by atoms with Gasteiger partial charge in [0.25, 0.3) is 0 Å². The van der Waals surface area contributed by atoms with E-state index in [0.29, 0.717) is 5.92 Å². The highest BCUT2D eigenvalue weighted by molar-refractivity contribution is 5.38. The third kappa shape index (κ3) is 2.59. The predicted octanol–water partition coefficient (Wildman–Crippen LogP) is 2.83. The van der Waals surface area contributed by atoms with Crippen molar-refractivity contribution in [2.45, 2.75) is 44.6 Å². The second-order valence-electron chi connectivity index (χ2n) is 5.57. The Hall–Kier alpha value is -1.74. The summed E-state index contributed by atoms with van der Waals surface area (Å²) in [5.74, 6) is 1.31. The van der Waals surface area contributed by atoms with Gasteiger partial charge in [-0.25, -0.2) is 9.97 Å². The molecule has 1 aliphatic carbocycles. The van der Waals surface area contributed by atoms with Gasteiger partial charge in [-0.05, 0) is 36.5 Å². The fourth-order valence-electron chi connectivity index (χ4n) is 2.93. The Morgan fingerprint density at radius 3 is 3.00 bits per heavy atom. The second-order valence-corrected chi connectivity index (χ2v) is 5.57. The number of hydrogen-bond donors (Lipinski definition) is 1. The molecule has 3 heteroatoms. The van der Waals surface area contributed by atoms with Gasteiger partial charge >= 0.3 is 0 Å². The topological polar surface area (TPSA) is 51.8 Å². The molecule has 2 atom stereocenters. The van der Waals surface area contributed by atoms with E-state index in [1.54, 1.807) is 0 Å². The molecule has 0 fully saturated rings. The van der Waals surface area contributed by atoms with Gasteiger partial charge in [0, 0.05) is 30.3 Å². The lowest BCUT2D eigenvalue weighted by Crippen LogP contribution is -2.22. The number of nitrogens with two attached hydrogens (primary N) is 1. The van der Waals surface area contributed by atoms with Crippen LogP contribution >= 0.6 is 0 Å². The highest BCUT2D eigenvalue weighted by Gasteiger charge is 2.25. The third-order valence-corrected chi connectivity index (χ3v) is 4.17. The van der Waals surface area contributed by atoms with Crippen molar-refractivity contribution in [3.8, 4) is 0 Å². The van der Waals surface area contributed by atoms with Crippen LogP contribution in [0.25, 0.3) is 0 Å². The fraction of sp³-hybridized carbons (Fsp3) is 0.412. The minimum absolute atomic E-state index is 0.189. The largest absolute Gasteiger partial charge is 0.327 e. The van der Waals surface area contributed by atoms with Crippen LogP contribution in [-0.4, -0.2) is 16.0 Å². The quantitative estimate of drug-likeness (QED) is 0.926. The molecule has 3 nitrogen and oxygen atoms in total. The molecule has 104 valence electrons. The molecule has 1 aliphatic rings. The molecule has 20 heavy (non-hydrogen) atoms. The minimum atomic E-state index is 0.189. The van der Waals surface area contributed by atoms with E-state index in [-0.39, 0.29) is 6.04 Å². The first-order valence-electron chi connectivity index (χ1n) is 7.43. The van der Waals surface area contributed by atoms with Crippen LogP contribution in [0, 0.1) is 0 Å². The Kier molecular flexibility index (Phi) is 3.79. The summed E-state index contributed by atoms with van der Waals surface area (Å²) < 4.78 is 0. The molecule has 1 aromatic heterocycles. The Bertz CT molecular complexity index is 594. The monoisotopic (exact) mass is 267 g/mol. The molecule has 2 unspecified atom stereocenters. The molecule has 2 aromatic rings. The van der Waals surface area contributed by atoms with Crippen molar-refractivity contribution < 1.29 is 0 Å².